The van der Waals surface area contributed by atoms with Crippen molar-refractivity contribution in [2.75, 3.05) is 18.5 Å². The number of benzene rings is 1. The fourth-order valence-electron chi connectivity index (χ4n) is 1.61. The Morgan fingerprint density at radius 2 is 2.00 bits per heavy atom. The molecule has 2 nitrogen and oxygen atoms in total. The van der Waals surface area contributed by atoms with Gasteiger partial charge in [-0.3, -0.25) is 0 Å². The largest absolute Gasteiger partial charge is 0.396 e. The number of hydrogen-bond donors (Lipinski definition) is 2. The van der Waals surface area contributed by atoms with Crippen LogP contribution in [-0.2, 0) is 0 Å². The van der Waals surface area contributed by atoms with Gasteiger partial charge in [-0.25, -0.2) is 0 Å². The van der Waals surface area contributed by atoms with Gasteiger partial charge in [0.25, 0.3) is 0 Å². The Morgan fingerprint density at radius 1 is 1.31 bits per heavy atom. The van der Waals surface area contributed by atoms with Crippen LogP contribution in [0, 0.1) is 19.3 Å². The Balaban J connectivity index is 2.67. The van der Waals surface area contributed by atoms with Crippen LogP contribution < -0.4 is 5.32 Å². The number of aliphatic hydroxyl groups is 1. The fraction of sp³-hybridized carbons (Fsp3) is 0.571. The van der Waals surface area contributed by atoms with E-state index in [0.29, 0.717) is 0 Å². The van der Waals surface area contributed by atoms with Crippen molar-refractivity contribution in [3.63, 3.8) is 0 Å². The van der Waals surface area contributed by atoms with E-state index in [-0.39, 0.29) is 12.0 Å². The number of aryl methyl sites for hydroxylation is 2. The predicted molar refractivity (Wildman–Crippen MR) is 69.9 cm³/mol. The standard InChI is InChI=1S/C14H23NO/c1-5-14(4,10-16)9-15-13-7-6-11(2)8-12(13)3/h6-8,15-16H,5,9-10H2,1-4H3. The molecule has 0 bridgehead atoms. The van der Waals surface area contributed by atoms with Crippen molar-refractivity contribution in [3.05, 3.63) is 29.3 Å². The first kappa shape index (κ1) is 13.0. The summed E-state index contributed by atoms with van der Waals surface area (Å²) in [6.07, 6.45) is 0.974. The van der Waals surface area contributed by atoms with Crippen molar-refractivity contribution >= 4 is 5.69 Å². The number of hydrogen-bond acceptors (Lipinski definition) is 2. The van der Waals surface area contributed by atoms with E-state index in [2.05, 4.69) is 51.2 Å². The highest BCUT2D eigenvalue weighted by Crippen LogP contribution is 2.23. The monoisotopic (exact) mass is 221 g/mol. The van der Waals surface area contributed by atoms with Crippen LogP contribution in [0.1, 0.15) is 31.4 Å². The molecule has 16 heavy (non-hydrogen) atoms. The highest BCUT2D eigenvalue weighted by Gasteiger charge is 2.20. The molecule has 1 atom stereocenters. The maximum absolute atomic E-state index is 9.34. The summed E-state index contributed by atoms with van der Waals surface area (Å²) in [5, 5.41) is 12.8. The zero-order chi connectivity index (χ0) is 12.2. The van der Waals surface area contributed by atoms with Crippen LogP contribution in [0.5, 0.6) is 0 Å². The maximum atomic E-state index is 9.34. The van der Waals surface area contributed by atoms with Gasteiger partial charge in [0.1, 0.15) is 0 Å². The fourth-order valence-corrected chi connectivity index (χ4v) is 1.61. The first-order chi connectivity index (χ1) is 7.50. The van der Waals surface area contributed by atoms with Crippen LogP contribution in [0.3, 0.4) is 0 Å². The van der Waals surface area contributed by atoms with E-state index in [9.17, 15) is 5.11 Å². The Morgan fingerprint density at radius 3 is 2.50 bits per heavy atom. The molecule has 1 aromatic rings. The van der Waals surface area contributed by atoms with Crippen molar-refractivity contribution in [1.29, 1.82) is 0 Å². The van der Waals surface area contributed by atoms with Gasteiger partial charge >= 0.3 is 0 Å². The lowest BCUT2D eigenvalue weighted by Crippen LogP contribution is -2.29. The number of rotatable bonds is 5. The molecule has 0 amide bonds. The van der Waals surface area contributed by atoms with Gasteiger partial charge in [0.15, 0.2) is 0 Å². The average Bonchev–Trinajstić information content (AvgIpc) is 2.27. The van der Waals surface area contributed by atoms with Crippen molar-refractivity contribution < 1.29 is 5.11 Å². The van der Waals surface area contributed by atoms with Gasteiger partial charge in [0.2, 0.25) is 0 Å². The molecule has 1 aromatic carbocycles. The van der Waals surface area contributed by atoms with E-state index in [0.717, 1.165) is 13.0 Å². The third kappa shape index (κ3) is 3.24. The van der Waals surface area contributed by atoms with Gasteiger partial charge < -0.3 is 10.4 Å². The van der Waals surface area contributed by atoms with Crippen LogP contribution in [0.2, 0.25) is 0 Å². The second-order valence-electron chi connectivity index (χ2n) is 4.99. The van der Waals surface area contributed by atoms with Crippen LogP contribution in [0.15, 0.2) is 18.2 Å². The van der Waals surface area contributed by atoms with E-state index in [1.807, 2.05) is 0 Å². The Hall–Kier alpha value is -1.02. The molecule has 0 fully saturated rings. The highest BCUT2D eigenvalue weighted by molar-refractivity contribution is 5.52. The van der Waals surface area contributed by atoms with Crippen molar-refractivity contribution in [1.82, 2.24) is 0 Å². The molecule has 0 saturated heterocycles. The molecule has 0 aliphatic heterocycles. The minimum absolute atomic E-state index is 0.0304. The summed E-state index contributed by atoms with van der Waals surface area (Å²) >= 11 is 0. The van der Waals surface area contributed by atoms with Gasteiger partial charge in [-0.05, 0) is 31.9 Å². The van der Waals surface area contributed by atoms with Crippen molar-refractivity contribution in [2.45, 2.75) is 34.1 Å². The van der Waals surface area contributed by atoms with Crippen molar-refractivity contribution in [2.24, 2.45) is 5.41 Å². The van der Waals surface area contributed by atoms with Crippen molar-refractivity contribution in [3.8, 4) is 0 Å². The smallest absolute Gasteiger partial charge is 0.0501 e. The average molecular weight is 221 g/mol. The van der Waals surface area contributed by atoms with Gasteiger partial charge in [0, 0.05) is 17.6 Å². The molecule has 0 aliphatic rings. The number of nitrogens with one attached hydrogen (secondary N) is 1. The highest BCUT2D eigenvalue weighted by atomic mass is 16.3. The summed E-state index contributed by atoms with van der Waals surface area (Å²) in [6, 6.07) is 6.39. The van der Waals surface area contributed by atoms with Crippen LogP contribution in [0.25, 0.3) is 0 Å². The summed E-state index contributed by atoms with van der Waals surface area (Å²) in [6.45, 7) is 9.45. The molecule has 0 saturated carbocycles. The quantitative estimate of drug-likeness (QED) is 0.800. The minimum atomic E-state index is -0.0304. The molecule has 0 heterocycles. The molecular weight excluding hydrogens is 198 g/mol. The number of aliphatic hydroxyl groups excluding tert-OH is 1. The predicted octanol–water partition coefficient (Wildman–Crippen LogP) is 3.12. The molecule has 1 unspecified atom stereocenters. The SMILES string of the molecule is CCC(C)(CO)CNc1ccc(C)cc1C. The third-order valence-corrected chi connectivity index (χ3v) is 3.32. The minimum Gasteiger partial charge on any atom is -0.396 e. The lowest BCUT2D eigenvalue weighted by atomic mass is 9.88. The second kappa shape index (κ2) is 5.35. The second-order valence-corrected chi connectivity index (χ2v) is 4.99. The van der Waals surface area contributed by atoms with Gasteiger partial charge in [-0.15, -0.1) is 0 Å². The summed E-state index contributed by atoms with van der Waals surface area (Å²) in [7, 11) is 0. The Bertz CT molecular complexity index is 343. The number of anilines is 1. The van der Waals surface area contributed by atoms with Crippen LogP contribution in [-0.4, -0.2) is 18.3 Å². The molecule has 1 rings (SSSR count). The zero-order valence-electron chi connectivity index (χ0n) is 10.8. The molecule has 0 aromatic heterocycles. The first-order valence-electron chi connectivity index (χ1n) is 5.93. The molecule has 90 valence electrons. The van der Waals surface area contributed by atoms with E-state index in [1.165, 1.54) is 16.8 Å². The van der Waals surface area contributed by atoms with Gasteiger partial charge in [0.05, 0.1) is 6.61 Å². The third-order valence-electron chi connectivity index (χ3n) is 3.32. The Kier molecular flexibility index (Phi) is 4.36. The summed E-state index contributed by atoms with van der Waals surface area (Å²) < 4.78 is 0. The summed E-state index contributed by atoms with van der Waals surface area (Å²) in [4.78, 5) is 0. The Labute approximate surface area is 98.7 Å². The molecule has 2 N–H and O–H groups in total. The van der Waals surface area contributed by atoms with Gasteiger partial charge in [-0.2, -0.15) is 0 Å². The van der Waals surface area contributed by atoms with Gasteiger partial charge in [-0.1, -0.05) is 31.5 Å². The maximum Gasteiger partial charge on any atom is 0.0501 e. The first-order valence-corrected chi connectivity index (χ1v) is 5.93. The van der Waals surface area contributed by atoms with Crippen LogP contribution in [0.4, 0.5) is 5.69 Å². The lowest BCUT2D eigenvalue weighted by Gasteiger charge is -2.26. The van der Waals surface area contributed by atoms with E-state index < -0.39 is 0 Å². The van der Waals surface area contributed by atoms with E-state index in [4.69, 9.17) is 0 Å². The summed E-state index contributed by atoms with van der Waals surface area (Å²) in [5.41, 5.74) is 3.68. The van der Waals surface area contributed by atoms with E-state index in [1.54, 1.807) is 0 Å². The molecule has 0 radical (unpaired) electrons. The molecule has 0 aliphatic carbocycles. The summed E-state index contributed by atoms with van der Waals surface area (Å²) in [5.74, 6) is 0. The zero-order valence-corrected chi connectivity index (χ0v) is 10.8. The lowest BCUT2D eigenvalue weighted by molar-refractivity contribution is 0.149. The molecule has 2 heteroatoms. The van der Waals surface area contributed by atoms with Crippen LogP contribution >= 0.6 is 0 Å². The normalized spacial score (nSPS) is 14.6. The molecule has 0 spiro atoms. The van der Waals surface area contributed by atoms with E-state index >= 15 is 0 Å². The molecular formula is C14H23NO. The topological polar surface area (TPSA) is 32.3 Å².